The number of benzene rings is 1. The molecule has 2 aromatic rings. The summed E-state index contributed by atoms with van der Waals surface area (Å²) in [7, 11) is 0. The van der Waals surface area contributed by atoms with E-state index < -0.39 is 10.8 Å². The third-order valence-corrected chi connectivity index (χ3v) is 2.55. The highest BCUT2D eigenvalue weighted by Crippen LogP contribution is 2.16. The fourth-order valence-electron chi connectivity index (χ4n) is 1.39. The molecule has 0 unspecified atom stereocenters. The van der Waals surface area contributed by atoms with Crippen LogP contribution < -0.4 is 5.32 Å². The zero-order valence-electron chi connectivity index (χ0n) is 9.54. The van der Waals surface area contributed by atoms with Gasteiger partial charge in [-0.25, -0.2) is 0 Å². The van der Waals surface area contributed by atoms with Gasteiger partial charge in [-0.05, 0) is 24.3 Å². The van der Waals surface area contributed by atoms with E-state index in [4.69, 9.17) is 11.6 Å². The number of carbonyl (C=O) groups excluding carboxylic acids is 1. The van der Waals surface area contributed by atoms with Crippen molar-refractivity contribution in [2.75, 3.05) is 5.32 Å². The fraction of sp³-hybridized carbons (Fsp3) is 0. The van der Waals surface area contributed by atoms with Gasteiger partial charge in [0.15, 0.2) is 0 Å². The number of pyridine rings is 1. The normalized spacial score (nSPS) is 9.95. The number of carbonyl (C=O) groups is 1. The first kappa shape index (κ1) is 13.0. The van der Waals surface area contributed by atoms with Crippen molar-refractivity contribution in [2.24, 2.45) is 0 Å². The summed E-state index contributed by atoms with van der Waals surface area (Å²) in [6.45, 7) is 0. The van der Waals surface area contributed by atoms with Gasteiger partial charge in [0.1, 0.15) is 6.20 Å². The molecule has 0 bridgehead atoms. The Kier molecular flexibility index (Phi) is 3.72. The summed E-state index contributed by atoms with van der Waals surface area (Å²) in [4.78, 5) is 25.5. The number of nitrogens with one attached hydrogen (secondary N) is 1. The molecule has 1 aromatic carbocycles. The molecule has 19 heavy (non-hydrogen) atoms. The van der Waals surface area contributed by atoms with E-state index in [-0.39, 0.29) is 11.3 Å². The van der Waals surface area contributed by atoms with Gasteiger partial charge in [-0.1, -0.05) is 11.6 Å². The molecule has 0 aliphatic carbocycles. The summed E-state index contributed by atoms with van der Waals surface area (Å²) in [5.74, 6) is -0.474. The van der Waals surface area contributed by atoms with Crippen LogP contribution in [0.3, 0.4) is 0 Å². The zero-order chi connectivity index (χ0) is 13.8. The molecule has 6 nitrogen and oxygen atoms in total. The number of hydrogen-bond donors (Lipinski definition) is 1. The minimum Gasteiger partial charge on any atom is -0.322 e. The maximum absolute atomic E-state index is 11.9. The van der Waals surface area contributed by atoms with Gasteiger partial charge < -0.3 is 5.32 Å². The van der Waals surface area contributed by atoms with Gasteiger partial charge in [-0.2, -0.15) is 0 Å². The first-order valence-corrected chi connectivity index (χ1v) is 5.60. The smallest absolute Gasteiger partial charge is 0.288 e. The highest BCUT2D eigenvalue weighted by Gasteiger charge is 2.12. The maximum Gasteiger partial charge on any atom is 0.288 e. The van der Waals surface area contributed by atoms with Gasteiger partial charge in [-0.3, -0.25) is 19.9 Å². The van der Waals surface area contributed by atoms with Crippen LogP contribution in [0.15, 0.2) is 42.7 Å². The molecule has 0 atom stereocenters. The molecule has 1 N–H and O–H groups in total. The Morgan fingerprint density at radius 1 is 1.26 bits per heavy atom. The number of aromatic nitrogens is 1. The average molecular weight is 278 g/mol. The molecule has 0 radical (unpaired) electrons. The van der Waals surface area contributed by atoms with E-state index in [1.165, 1.54) is 6.20 Å². The molecule has 0 aliphatic heterocycles. The minimum atomic E-state index is -0.605. The Labute approximate surface area is 113 Å². The first-order valence-electron chi connectivity index (χ1n) is 5.22. The summed E-state index contributed by atoms with van der Waals surface area (Å²) in [6, 6.07) is 7.68. The van der Waals surface area contributed by atoms with Crippen LogP contribution in [0.1, 0.15) is 10.4 Å². The van der Waals surface area contributed by atoms with Crippen molar-refractivity contribution in [3.63, 3.8) is 0 Å². The van der Waals surface area contributed by atoms with Crippen LogP contribution in [-0.4, -0.2) is 15.8 Å². The van der Waals surface area contributed by atoms with Crippen molar-refractivity contribution >= 4 is 28.9 Å². The van der Waals surface area contributed by atoms with Gasteiger partial charge in [0.2, 0.25) is 0 Å². The Bertz CT molecular complexity index is 628. The largest absolute Gasteiger partial charge is 0.322 e. The van der Waals surface area contributed by atoms with Crippen LogP contribution in [-0.2, 0) is 0 Å². The van der Waals surface area contributed by atoms with Gasteiger partial charge >= 0.3 is 0 Å². The van der Waals surface area contributed by atoms with E-state index >= 15 is 0 Å². The lowest BCUT2D eigenvalue weighted by atomic mass is 10.2. The molecule has 96 valence electrons. The third kappa shape index (κ3) is 3.26. The van der Waals surface area contributed by atoms with Crippen LogP contribution in [0.2, 0.25) is 5.02 Å². The first-order chi connectivity index (χ1) is 9.06. The standard InChI is InChI=1S/C12H8ClN3O3/c13-9-1-3-10(4-2-9)15-12(17)8-5-11(16(18)19)7-14-6-8/h1-7H,(H,15,17). The molecule has 0 saturated heterocycles. The quantitative estimate of drug-likeness (QED) is 0.690. The highest BCUT2D eigenvalue weighted by molar-refractivity contribution is 6.30. The van der Waals surface area contributed by atoms with E-state index in [0.717, 1.165) is 12.3 Å². The minimum absolute atomic E-state index is 0.115. The number of rotatable bonds is 3. The van der Waals surface area contributed by atoms with E-state index in [0.29, 0.717) is 10.7 Å². The second-order valence-electron chi connectivity index (χ2n) is 3.65. The lowest BCUT2D eigenvalue weighted by molar-refractivity contribution is -0.385. The van der Waals surface area contributed by atoms with Crippen molar-refractivity contribution in [1.82, 2.24) is 4.98 Å². The molecule has 0 aliphatic rings. The predicted molar refractivity (Wildman–Crippen MR) is 70.3 cm³/mol. The highest BCUT2D eigenvalue weighted by atomic mass is 35.5. The van der Waals surface area contributed by atoms with Crippen molar-refractivity contribution in [3.05, 3.63) is 63.4 Å². The number of anilines is 1. The second kappa shape index (κ2) is 5.45. The summed E-state index contributed by atoms with van der Waals surface area (Å²) >= 11 is 5.72. The molecule has 0 spiro atoms. The van der Waals surface area contributed by atoms with Crippen LogP contribution in [0.25, 0.3) is 0 Å². The number of hydrogen-bond acceptors (Lipinski definition) is 4. The van der Waals surface area contributed by atoms with Crippen molar-refractivity contribution < 1.29 is 9.72 Å². The van der Waals surface area contributed by atoms with Gasteiger partial charge in [0, 0.05) is 23.0 Å². The van der Waals surface area contributed by atoms with Crippen molar-refractivity contribution in [2.45, 2.75) is 0 Å². The van der Waals surface area contributed by atoms with E-state index in [9.17, 15) is 14.9 Å². The third-order valence-electron chi connectivity index (χ3n) is 2.30. The monoisotopic (exact) mass is 277 g/mol. The number of nitrogens with zero attached hydrogens (tertiary/aromatic N) is 2. The number of amides is 1. The van der Waals surface area contributed by atoms with Crippen molar-refractivity contribution in [1.29, 1.82) is 0 Å². The van der Waals surface area contributed by atoms with Gasteiger partial charge in [0.25, 0.3) is 11.6 Å². The fourth-order valence-corrected chi connectivity index (χ4v) is 1.51. The van der Waals surface area contributed by atoms with Crippen molar-refractivity contribution in [3.8, 4) is 0 Å². The van der Waals surface area contributed by atoms with Crippen LogP contribution in [0.4, 0.5) is 11.4 Å². The summed E-state index contributed by atoms with van der Waals surface area (Å²) in [5.41, 5.74) is 0.425. The van der Waals surface area contributed by atoms with E-state index in [1.807, 2.05) is 0 Å². The van der Waals surface area contributed by atoms with E-state index in [2.05, 4.69) is 10.3 Å². The second-order valence-corrected chi connectivity index (χ2v) is 4.09. The van der Waals surface area contributed by atoms with Gasteiger partial charge in [0.05, 0.1) is 10.5 Å². The summed E-state index contributed by atoms with van der Waals surface area (Å²) in [5, 5.41) is 13.7. The molecular formula is C12H8ClN3O3. The number of nitro groups is 1. The average Bonchev–Trinajstić information content (AvgIpc) is 2.41. The molecule has 0 fully saturated rings. The summed E-state index contributed by atoms with van der Waals surface area (Å²) < 4.78 is 0. The lowest BCUT2D eigenvalue weighted by Gasteiger charge is -2.04. The van der Waals surface area contributed by atoms with Crippen LogP contribution >= 0.6 is 11.6 Å². The number of halogens is 1. The lowest BCUT2D eigenvalue weighted by Crippen LogP contribution is -2.12. The molecule has 1 heterocycles. The SMILES string of the molecule is O=C(Nc1ccc(Cl)cc1)c1cncc([N+](=O)[O-])c1. The molecular weight excluding hydrogens is 270 g/mol. The molecule has 2 rings (SSSR count). The van der Waals surface area contributed by atoms with Crippen LogP contribution in [0, 0.1) is 10.1 Å². The Morgan fingerprint density at radius 2 is 1.95 bits per heavy atom. The summed E-state index contributed by atoms with van der Waals surface area (Å²) in [6.07, 6.45) is 2.34. The predicted octanol–water partition coefficient (Wildman–Crippen LogP) is 2.90. The molecule has 1 amide bonds. The Hall–Kier alpha value is -2.47. The molecule has 0 saturated carbocycles. The zero-order valence-corrected chi connectivity index (χ0v) is 10.3. The molecule has 1 aromatic heterocycles. The van der Waals surface area contributed by atoms with Gasteiger partial charge in [-0.15, -0.1) is 0 Å². The van der Waals surface area contributed by atoms with Crippen LogP contribution in [0.5, 0.6) is 0 Å². The maximum atomic E-state index is 11.9. The molecule has 7 heteroatoms. The topological polar surface area (TPSA) is 85.1 Å². The van der Waals surface area contributed by atoms with E-state index in [1.54, 1.807) is 24.3 Å². The Morgan fingerprint density at radius 3 is 2.58 bits per heavy atom. The Balaban J connectivity index is 2.18.